The van der Waals surface area contributed by atoms with Crippen molar-refractivity contribution < 1.29 is 19.6 Å². The summed E-state index contributed by atoms with van der Waals surface area (Å²) in [7, 11) is 1.38. The van der Waals surface area contributed by atoms with Crippen molar-refractivity contribution in [2.75, 3.05) is 25.1 Å². The molecule has 0 unspecified atom stereocenters. The van der Waals surface area contributed by atoms with E-state index in [4.69, 9.17) is 16.3 Å². The first kappa shape index (κ1) is 17.2. The van der Waals surface area contributed by atoms with Gasteiger partial charge in [0.1, 0.15) is 5.52 Å². The van der Waals surface area contributed by atoms with Crippen LogP contribution in [-0.4, -0.2) is 41.2 Å². The van der Waals surface area contributed by atoms with Gasteiger partial charge in [0.25, 0.3) is 0 Å². The van der Waals surface area contributed by atoms with E-state index in [1.54, 1.807) is 6.07 Å². The third kappa shape index (κ3) is 3.05. The summed E-state index contributed by atoms with van der Waals surface area (Å²) >= 11 is 6.25. The van der Waals surface area contributed by atoms with Crippen molar-refractivity contribution in [1.82, 2.24) is 4.98 Å². The van der Waals surface area contributed by atoms with Gasteiger partial charge in [-0.25, -0.2) is 0 Å². The number of rotatable bonds is 3. The standard InChI is InChI=1S/C16H16ClN3O5/c1-25-16(22)9-3-6-19(7-4-9)11-2-5-18-14-13(11)10(17)8-12(15(14)21)20(23)24/h2,5,8-9,21H,3-4,6-7H2,1H3. The zero-order valence-electron chi connectivity index (χ0n) is 13.4. The molecular weight excluding hydrogens is 350 g/mol. The smallest absolute Gasteiger partial charge is 0.314 e. The number of piperidine rings is 1. The van der Waals surface area contributed by atoms with Crippen molar-refractivity contribution in [2.24, 2.45) is 5.92 Å². The molecule has 0 atom stereocenters. The molecule has 1 aliphatic rings. The fourth-order valence-corrected chi connectivity index (χ4v) is 3.46. The number of anilines is 1. The molecule has 2 aromatic rings. The average Bonchev–Trinajstić information content (AvgIpc) is 2.63. The Hall–Kier alpha value is -2.61. The highest BCUT2D eigenvalue weighted by atomic mass is 35.5. The van der Waals surface area contributed by atoms with Gasteiger partial charge in [0, 0.05) is 36.4 Å². The van der Waals surface area contributed by atoms with E-state index >= 15 is 0 Å². The van der Waals surface area contributed by atoms with E-state index in [1.807, 2.05) is 4.90 Å². The van der Waals surface area contributed by atoms with Gasteiger partial charge in [0.05, 0.1) is 23.0 Å². The number of fused-ring (bicyclic) bond motifs is 1. The number of nitro groups is 1. The minimum Gasteiger partial charge on any atom is -0.501 e. The van der Waals surface area contributed by atoms with Crippen LogP contribution in [0.2, 0.25) is 5.02 Å². The monoisotopic (exact) mass is 365 g/mol. The van der Waals surface area contributed by atoms with E-state index in [-0.39, 0.29) is 22.4 Å². The topological polar surface area (TPSA) is 106 Å². The number of carbonyl (C=O) groups is 1. The lowest BCUT2D eigenvalue weighted by molar-refractivity contribution is -0.385. The molecule has 1 N–H and O–H groups in total. The molecule has 1 aliphatic heterocycles. The van der Waals surface area contributed by atoms with Gasteiger partial charge >= 0.3 is 11.7 Å². The number of esters is 1. The second-order valence-corrected chi connectivity index (χ2v) is 6.23. The van der Waals surface area contributed by atoms with Crippen LogP contribution >= 0.6 is 11.6 Å². The predicted octanol–water partition coefficient (Wildman–Crippen LogP) is 2.89. The van der Waals surface area contributed by atoms with Gasteiger partial charge < -0.3 is 14.7 Å². The Balaban J connectivity index is 2.00. The van der Waals surface area contributed by atoms with Gasteiger partial charge in [-0.05, 0) is 18.9 Å². The number of halogens is 1. The lowest BCUT2D eigenvalue weighted by atomic mass is 9.96. The Morgan fingerprint density at radius 1 is 1.48 bits per heavy atom. The molecule has 8 nitrogen and oxygen atoms in total. The Labute approximate surface area is 148 Å². The van der Waals surface area contributed by atoms with Gasteiger partial charge in [-0.15, -0.1) is 0 Å². The highest BCUT2D eigenvalue weighted by molar-refractivity contribution is 6.37. The lowest BCUT2D eigenvalue weighted by Crippen LogP contribution is -2.36. The van der Waals surface area contributed by atoms with E-state index < -0.39 is 16.4 Å². The molecule has 132 valence electrons. The van der Waals surface area contributed by atoms with Crippen LogP contribution in [0.4, 0.5) is 11.4 Å². The van der Waals surface area contributed by atoms with Gasteiger partial charge in [0.15, 0.2) is 0 Å². The van der Waals surface area contributed by atoms with E-state index in [0.29, 0.717) is 31.3 Å². The summed E-state index contributed by atoms with van der Waals surface area (Å²) in [6, 6.07) is 2.88. The molecule has 1 aromatic carbocycles. The van der Waals surface area contributed by atoms with Crippen molar-refractivity contribution in [1.29, 1.82) is 0 Å². The van der Waals surface area contributed by atoms with E-state index in [9.17, 15) is 20.0 Å². The van der Waals surface area contributed by atoms with Crippen molar-refractivity contribution in [3.63, 3.8) is 0 Å². The molecule has 0 spiro atoms. The van der Waals surface area contributed by atoms with E-state index in [1.165, 1.54) is 13.3 Å². The van der Waals surface area contributed by atoms with Crippen LogP contribution in [0.25, 0.3) is 10.9 Å². The van der Waals surface area contributed by atoms with Crippen molar-refractivity contribution in [3.05, 3.63) is 33.5 Å². The Morgan fingerprint density at radius 3 is 2.76 bits per heavy atom. The number of nitrogens with zero attached hydrogens (tertiary/aromatic N) is 3. The number of aromatic nitrogens is 1. The molecular formula is C16H16ClN3O5. The second kappa shape index (κ2) is 6.72. The normalized spacial score (nSPS) is 15.4. The fraction of sp³-hybridized carbons (Fsp3) is 0.375. The Kier molecular flexibility index (Phi) is 4.63. The van der Waals surface area contributed by atoms with Crippen LogP contribution in [0, 0.1) is 16.0 Å². The first-order chi connectivity index (χ1) is 11.9. The zero-order valence-corrected chi connectivity index (χ0v) is 14.2. The highest BCUT2D eigenvalue weighted by Gasteiger charge is 2.28. The number of benzene rings is 1. The number of pyridine rings is 1. The number of aromatic hydroxyl groups is 1. The summed E-state index contributed by atoms with van der Waals surface area (Å²) in [6.07, 6.45) is 2.74. The summed E-state index contributed by atoms with van der Waals surface area (Å²) in [5.74, 6) is -0.861. The van der Waals surface area contributed by atoms with Crippen molar-refractivity contribution in [2.45, 2.75) is 12.8 Å². The lowest BCUT2D eigenvalue weighted by Gasteiger charge is -2.33. The summed E-state index contributed by atoms with van der Waals surface area (Å²) < 4.78 is 4.79. The molecule has 9 heteroatoms. The molecule has 0 aliphatic carbocycles. The van der Waals surface area contributed by atoms with Gasteiger partial charge in [-0.2, -0.15) is 0 Å². The first-order valence-corrected chi connectivity index (χ1v) is 8.09. The van der Waals surface area contributed by atoms with Gasteiger partial charge in [0.2, 0.25) is 5.75 Å². The number of methoxy groups -OCH3 is 1. The minimum atomic E-state index is -0.698. The number of carbonyl (C=O) groups excluding carboxylic acids is 1. The van der Waals surface area contributed by atoms with Crippen LogP contribution in [-0.2, 0) is 9.53 Å². The molecule has 1 fully saturated rings. The van der Waals surface area contributed by atoms with Crippen LogP contribution in [0.15, 0.2) is 18.3 Å². The Bertz CT molecular complexity index is 849. The quantitative estimate of drug-likeness (QED) is 0.506. The zero-order chi connectivity index (χ0) is 18.1. The maximum absolute atomic E-state index is 11.7. The SMILES string of the molecule is COC(=O)C1CCN(c2ccnc3c(O)c([N+](=O)[O-])cc(Cl)c23)CC1. The highest BCUT2D eigenvalue weighted by Crippen LogP contribution is 2.42. The summed E-state index contributed by atoms with van der Waals surface area (Å²) in [5.41, 5.74) is 0.335. The summed E-state index contributed by atoms with van der Waals surface area (Å²) in [4.78, 5) is 28.1. The number of phenolic OH excluding ortho intramolecular Hbond substituents is 1. The van der Waals surface area contributed by atoms with Crippen molar-refractivity contribution in [3.8, 4) is 5.75 Å². The molecule has 0 bridgehead atoms. The third-order valence-electron chi connectivity index (χ3n) is 4.47. The maximum Gasteiger partial charge on any atom is 0.314 e. The van der Waals surface area contributed by atoms with Gasteiger partial charge in [-0.1, -0.05) is 11.6 Å². The van der Waals surface area contributed by atoms with Crippen LogP contribution in [0.1, 0.15) is 12.8 Å². The average molecular weight is 366 g/mol. The number of hydrogen-bond donors (Lipinski definition) is 1. The number of ether oxygens (including phenoxy) is 1. The maximum atomic E-state index is 11.7. The van der Waals surface area contributed by atoms with E-state index in [0.717, 1.165) is 11.8 Å². The molecule has 25 heavy (non-hydrogen) atoms. The summed E-state index contributed by atoms with van der Waals surface area (Å²) in [6.45, 7) is 1.21. The number of hydrogen-bond acceptors (Lipinski definition) is 7. The van der Waals surface area contributed by atoms with Crippen LogP contribution in [0.3, 0.4) is 0 Å². The second-order valence-electron chi connectivity index (χ2n) is 5.82. The third-order valence-corrected chi connectivity index (χ3v) is 4.76. The fourth-order valence-electron chi connectivity index (χ4n) is 3.17. The molecule has 1 saturated heterocycles. The number of nitro benzene ring substituents is 1. The largest absolute Gasteiger partial charge is 0.501 e. The van der Waals surface area contributed by atoms with E-state index in [2.05, 4.69) is 4.98 Å². The molecule has 0 saturated carbocycles. The predicted molar refractivity (Wildman–Crippen MR) is 92.0 cm³/mol. The Morgan fingerprint density at radius 2 is 2.16 bits per heavy atom. The number of phenols is 1. The minimum absolute atomic E-state index is 0.0896. The van der Waals surface area contributed by atoms with Crippen LogP contribution < -0.4 is 4.90 Å². The summed E-state index contributed by atoms with van der Waals surface area (Å²) in [5, 5.41) is 21.8. The molecule has 0 radical (unpaired) electrons. The van der Waals surface area contributed by atoms with Crippen molar-refractivity contribution >= 4 is 39.8 Å². The first-order valence-electron chi connectivity index (χ1n) is 7.71. The molecule has 3 rings (SSSR count). The molecule has 0 amide bonds. The van der Waals surface area contributed by atoms with Crippen LogP contribution in [0.5, 0.6) is 5.75 Å². The molecule has 1 aromatic heterocycles. The van der Waals surface area contributed by atoms with Gasteiger partial charge in [-0.3, -0.25) is 19.9 Å². The molecule has 2 heterocycles.